The molecule has 1 aliphatic heterocycles. The van der Waals surface area contributed by atoms with Gasteiger partial charge < -0.3 is 26.2 Å². The molecule has 1 aliphatic rings. The largest absolute Gasteiger partial charge is 0.507 e. The molecule has 1 atom stereocenters. The third-order valence-electron chi connectivity index (χ3n) is 7.60. The Morgan fingerprint density at radius 1 is 1.05 bits per heavy atom. The van der Waals surface area contributed by atoms with Crippen LogP contribution >= 0.6 is 0 Å². The van der Waals surface area contributed by atoms with E-state index >= 15 is 0 Å². The van der Waals surface area contributed by atoms with Crippen molar-refractivity contribution in [3.8, 4) is 11.5 Å². The number of nitrogens with two attached hydrogens (primary N) is 2. The monoisotopic (exact) mass is 526 g/mol. The number of fused-ring (bicyclic) bond motifs is 1. The number of hydrogen-bond donors (Lipinski definition) is 3. The third kappa shape index (κ3) is 6.60. The minimum absolute atomic E-state index is 0.00253. The highest BCUT2D eigenvalue weighted by atomic mass is 16.5. The molecule has 7 heteroatoms. The molecule has 0 saturated heterocycles. The van der Waals surface area contributed by atoms with Crippen LogP contribution in [0, 0.1) is 20.8 Å². The second-order valence-electron chi connectivity index (χ2n) is 10.5. The van der Waals surface area contributed by atoms with E-state index in [1.165, 1.54) is 0 Å². The van der Waals surface area contributed by atoms with Crippen LogP contribution in [-0.2, 0) is 17.8 Å². The van der Waals surface area contributed by atoms with Gasteiger partial charge in [0.15, 0.2) is 5.96 Å². The highest BCUT2D eigenvalue weighted by Crippen LogP contribution is 2.44. The predicted molar refractivity (Wildman–Crippen MR) is 157 cm³/mol. The number of aliphatic imine (C=N–C) groups is 1. The Morgan fingerprint density at radius 3 is 2.41 bits per heavy atom. The van der Waals surface area contributed by atoms with Crippen molar-refractivity contribution in [2.45, 2.75) is 59.1 Å². The highest BCUT2D eigenvalue weighted by molar-refractivity contribution is 5.91. The lowest BCUT2D eigenvalue weighted by atomic mass is 9.85. The Hall–Kier alpha value is -4.26. The summed E-state index contributed by atoms with van der Waals surface area (Å²) in [6.45, 7) is 9.04. The minimum Gasteiger partial charge on any atom is -0.507 e. The SMILES string of the molecule is Cc1c(C)c2c(c(C)c1O)CCC(C)(CCN(Cc1ccccc1)C(=O)/C=C/c1ccc(N=C(N)N)cc1)O2. The summed E-state index contributed by atoms with van der Waals surface area (Å²) < 4.78 is 6.62. The van der Waals surface area contributed by atoms with Gasteiger partial charge >= 0.3 is 0 Å². The van der Waals surface area contributed by atoms with Gasteiger partial charge in [0.2, 0.25) is 5.91 Å². The van der Waals surface area contributed by atoms with Crippen molar-refractivity contribution in [2.75, 3.05) is 6.54 Å². The fourth-order valence-electron chi connectivity index (χ4n) is 5.00. The van der Waals surface area contributed by atoms with E-state index in [1.807, 2.05) is 68.1 Å². The maximum absolute atomic E-state index is 13.4. The molecule has 204 valence electrons. The molecule has 0 aromatic heterocycles. The van der Waals surface area contributed by atoms with Crippen LogP contribution in [0.25, 0.3) is 6.08 Å². The molecule has 5 N–H and O–H groups in total. The number of carbonyl (C=O) groups excluding carboxylic acids is 1. The summed E-state index contributed by atoms with van der Waals surface area (Å²) in [5.41, 5.74) is 16.9. The Kier molecular flexibility index (Phi) is 8.29. The summed E-state index contributed by atoms with van der Waals surface area (Å²) in [5.74, 6) is 1.17. The van der Waals surface area contributed by atoms with E-state index in [2.05, 4.69) is 11.9 Å². The van der Waals surface area contributed by atoms with Gasteiger partial charge in [-0.15, -0.1) is 0 Å². The lowest BCUT2D eigenvalue weighted by molar-refractivity contribution is -0.127. The van der Waals surface area contributed by atoms with Gasteiger partial charge in [-0.25, -0.2) is 4.99 Å². The van der Waals surface area contributed by atoms with Crippen LogP contribution in [0.1, 0.15) is 53.1 Å². The van der Waals surface area contributed by atoms with Gasteiger partial charge in [0.05, 0.1) is 5.69 Å². The van der Waals surface area contributed by atoms with E-state index in [1.54, 1.807) is 24.3 Å². The summed E-state index contributed by atoms with van der Waals surface area (Å²) in [7, 11) is 0. The molecule has 1 heterocycles. The van der Waals surface area contributed by atoms with Gasteiger partial charge in [0.1, 0.15) is 17.1 Å². The molecule has 4 rings (SSSR count). The molecular formula is C32H38N4O3. The van der Waals surface area contributed by atoms with Crippen LogP contribution in [0.15, 0.2) is 65.7 Å². The van der Waals surface area contributed by atoms with Gasteiger partial charge in [-0.3, -0.25) is 4.79 Å². The summed E-state index contributed by atoms with van der Waals surface area (Å²) in [4.78, 5) is 19.3. The van der Waals surface area contributed by atoms with Crippen LogP contribution in [0.5, 0.6) is 11.5 Å². The number of amides is 1. The molecule has 0 spiro atoms. The van der Waals surface area contributed by atoms with Crippen molar-refractivity contribution in [2.24, 2.45) is 16.5 Å². The zero-order chi connectivity index (χ0) is 28.2. The van der Waals surface area contributed by atoms with Crippen LogP contribution < -0.4 is 16.2 Å². The molecule has 1 unspecified atom stereocenters. The molecule has 0 fully saturated rings. The molecule has 3 aromatic carbocycles. The average molecular weight is 527 g/mol. The van der Waals surface area contributed by atoms with Crippen LogP contribution in [-0.4, -0.2) is 34.0 Å². The molecule has 0 bridgehead atoms. The van der Waals surface area contributed by atoms with Crippen molar-refractivity contribution in [3.63, 3.8) is 0 Å². The number of aromatic hydroxyl groups is 1. The van der Waals surface area contributed by atoms with Crippen LogP contribution in [0.3, 0.4) is 0 Å². The van der Waals surface area contributed by atoms with Crippen molar-refractivity contribution in [1.82, 2.24) is 4.90 Å². The van der Waals surface area contributed by atoms with Crippen LogP contribution in [0.4, 0.5) is 5.69 Å². The lowest BCUT2D eigenvalue weighted by Crippen LogP contribution is -2.41. The Labute approximate surface area is 230 Å². The van der Waals surface area contributed by atoms with Gasteiger partial charge in [-0.2, -0.15) is 0 Å². The maximum atomic E-state index is 13.4. The first kappa shape index (κ1) is 27.8. The third-order valence-corrected chi connectivity index (χ3v) is 7.60. The van der Waals surface area contributed by atoms with E-state index < -0.39 is 5.60 Å². The second kappa shape index (κ2) is 11.6. The summed E-state index contributed by atoms with van der Waals surface area (Å²) in [5, 5.41) is 10.5. The van der Waals surface area contributed by atoms with Crippen molar-refractivity contribution >= 4 is 23.6 Å². The molecular weight excluding hydrogens is 488 g/mol. The van der Waals surface area contributed by atoms with Crippen molar-refractivity contribution < 1.29 is 14.6 Å². The predicted octanol–water partition coefficient (Wildman–Crippen LogP) is 5.44. The number of phenolic OH excluding ortho intramolecular Hbond substituents is 1. The minimum atomic E-state index is -0.423. The Morgan fingerprint density at radius 2 is 1.74 bits per heavy atom. The Balaban J connectivity index is 1.51. The molecule has 7 nitrogen and oxygen atoms in total. The zero-order valence-electron chi connectivity index (χ0n) is 23.2. The standard InChI is InChI=1S/C32H38N4O3/c1-21-22(2)30-27(23(3)29(21)38)16-17-32(4,39-30)18-19-36(20-25-8-6-5-7-9-25)28(37)15-12-24-10-13-26(14-11-24)35-31(33)34/h5-15,38H,16-20H2,1-4H3,(H4,33,34,35)/b15-12+. The molecule has 3 aromatic rings. The lowest BCUT2D eigenvalue weighted by Gasteiger charge is -2.39. The maximum Gasteiger partial charge on any atom is 0.246 e. The number of ether oxygens (including phenoxy) is 1. The molecule has 39 heavy (non-hydrogen) atoms. The Bertz CT molecular complexity index is 1390. The van der Waals surface area contributed by atoms with Gasteiger partial charge in [0, 0.05) is 31.1 Å². The first-order valence-corrected chi connectivity index (χ1v) is 13.3. The fourth-order valence-corrected chi connectivity index (χ4v) is 5.00. The van der Waals surface area contributed by atoms with E-state index in [9.17, 15) is 9.90 Å². The molecule has 0 saturated carbocycles. The highest BCUT2D eigenvalue weighted by Gasteiger charge is 2.35. The quantitative estimate of drug-likeness (QED) is 0.205. The number of guanidine groups is 1. The topological polar surface area (TPSA) is 114 Å². The fraction of sp³-hybridized carbons (Fsp3) is 0.312. The van der Waals surface area contributed by atoms with Gasteiger partial charge in [-0.05, 0) is 86.6 Å². The summed E-state index contributed by atoms with van der Waals surface area (Å²) in [6, 6.07) is 17.3. The van der Waals surface area contributed by atoms with Crippen LogP contribution in [0.2, 0.25) is 0 Å². The smallest absolute Gasteiger partial charge is 0.246 e. The van der Waals surface area contributed by atoms with Crippen molar-refractivity contribution in [3.05, 3.63) is 94.1 Å². The van der Waals surface area contributed by atoms with E-state index in [-0.39, 0.29) is 11.9 Å². The number of phenols is 1. The number of benzene rings is 3. The molecule has 0 aliphatic carbocycles. The van der Waals surface area contributed by atoms with Gasteiger partial charge in [-0.1, -0.05) is 42.5 Å². The number of rotatable bonds is 8. The summed E-state index contributed by atoms with van der Waals surface area (Å²) >= 11 is 0. The first-order chi connectivity index (χ1) is 18.6. The summed E-state index contributed by atoms with van der Waals surface area (Å²) in [6.07, 6.45) is 5.74. The zero-order valence-corrected chi connectivity index (χ0v) is 23.2. The number of hydrogen-bond acceptors (Lipinski definition) is 4. The van der Waals surface area contributed by atoms with E-state index in [4.69, 9.17) is 16.2 Å². The first-order valence-electron chi connectivity index (χ1n) is 13.3. The molecule has 0 radical (unpaired) electrons. The average Bonchev–Trinajstić information content (AvgIpc) is 2.92. The number of nitrogens with zero attached hydrogens (tertiary/aromatic N) is 2. The van der Waals surface area contributed by atoms with Gasteiger partial charge in [0.25, 0.3) is 0 Å². The van der Waals surface area contributed by atoms with E-state index in [0.29, 0.717) is 30.9 Å². The molecule has 1 amide bonds. The number of carbonyl (C=O) groups is 1. The van der Waals surface area contributed by atoms with E-state index in [0.717, 1.165) is 52.0 Å². The normalized spacial score (nSPS) is 16.4. The van der Waals surface area contributed by atoms with Crippen molar-refractivity contribution in [1.29, 1.82) is 0 Å². The second-order valence-corrected chi connectivity index (χ2v) is 10.5.